The van der Waals surface area contributed by atoms with Crippen LogP contribution in [0.5, 0.6) is 0 Å². The van der Waals surface area contributed by atoms with Crippen LogP contribution in [0.3, 0.4) is 0 Å². The zero-order chi connectivity index (χ0) is 61.0. The molecule has 0 spiro atoms. The molecule has 0 radical (unpaired) electrons. The number of para-hydroxylation sites is 2. The first-order valence-corrected chi connectivity index (χ1v) is 33.7. The summed E-state index contributed by atoms with van der Waals surface area (Å²) < 4.78 is 2.54. The van der Waals surface area contributed by atoms with Crippen molar-refractivity contribution in [1.82, 2.24) is 4.57 Å². The third-order valence-corrected chi connectivity index (χ3v) is 24.0. The lowest BCUT2D eigenvalue weighted by Crippen LogP contribution is -2.75. The molecule has 89 heavy (non-hydrogen) atoms. The summed E-state index contributed by atoms with van der Waals surface area (Å²) in [5.41, 5.74) is 22.7. The van der Waals surface area contributed by atoms with Crippen molar-refractivity contribution in [1.29, 1.82) is 0 Å². The molecule has 0 fully saturated rings. The Morgan fingerprint density at radius 2 is 0.674 bits per heavy atom. The molecule has 0 saturated heterocycles. The molecule has 2 aliphatic heterocycles. The highest BCUT2D eigenvalue weighted by Gasteiger charge is 2.48. The van der Waals surface area contributed by atoms with Crippen LogP contribution in [0.1, 0.15) is 79.0 Å². The van der Waals surface area contributed by atoms with E-state index in [0.29, 0.717) is 0 Å². The van der Waals surface area contributed by atoms with Crippen LogP contribution in [0.15, 0.2) is 285 Å². The lowest BCUT2D eigenvalue weighted by molar-refractivity contribution is 0.590. The Kier molecular flexibility index (Phi) is 13.4. The number of benzene rings is 12. The molecule has 1 aromatic heterocycles. The molecule has 0 aliphatic carbocycles. The van der Waals surface area contributed by atoms with E-state index in [-0.39, 0.29) is 23.0 Å². The van der Waals surface area contributed by atoms with Crippen LogP contribution in [-0.2, 0) is 16.2 Å². The van der Waals surface area contributed by atoms with Gasteiger partial charge in [-0.15, -0.1) is 0 Å². The largest absolute Gasteiger partial charge is 0.311 e. The zero-order valence-electron chi connectivity index (χ0n) is 52.6. The maximum Gasteiger partial charge on any atom is 0.252 e. The summed E-state index contributed by atoms with van der Waals surface area (Å²) in [6, 6.07) is 109. The minimum atomic E-state index is -3.04. The number of hydrogen-bond acceptors (Lipinski definition) is 2. The second-order valence-electron chi connectivity index (χ2n) is 27.7. The van der Waals surface area contributed by atoms with E-state index in [2.05, 4.69) is 362 Å². The molecule has 3 nitrogen and oxygen atoms in total. The standard InChI is InChI=1S/C84H74BN3Si/c1-82(2,3)59-43-49-75-69(51-59)70-52-60(83(4,5)6)44-50-76(70)86(75)62-45-47-71-77(55-62)87(73-41-27-25-39-67(73)57-29-15-10-16-30-57)79-53-61(84(7,8)9)54-80-81(79)85(71)72-48-46-66(56-78(72)88(80)74-42-28-26-40-68(74)58-31-17-11-18-32-58)89(63-33-19-12-20-34-63,64-35-21-13-22-36-64)65-37-23-14-24-38-65/h10-56H,1-9H3. The normalized spacial score (nSPS) is 13.2. The highest BCUT2D eigenvalue weighted by molar-refractivity contribution is 7.20. The van der Waals surface area contributed by atoms with Gasteiger partial charge in [0, 0.05) is 50.3 Å². The van der Waals surface area contributed by atoms with Crippen LogP contribution in [0.25, 0.3) is 49.7 Å². The van der Waals surface area contributed by atoms with Gasteiger partial charge in [0.1, 0.15) is 0 Å². The summed E-state index contributed by atoms with van der Waals surface area (Å²) in [4.78, 5) is 5.32. The van der Waals surface area contributed by atoms with Crippen molar-refractivity contribution in [2.45, 2.75) is 78.6 Å². The SMILES string of the molecule is CC(C)(C)c1cc2c3c(c1)N(c1ccccc1-c1ccccc1)c1cc([Si](c4ccccc4)(c4ccccc4)c4ccccc4)ccc1B3c1ccc(-n3c4ccc(C(C)(C)C)cc4c4cc(C(C)(C)C)ccc43)cc1N2c1ccccc1-c1ccccc1. The lowest BCUT2D eigenvalue weighted by atomic mass is 9.33. The average Bonchev–Trinajstić information content (AvgIpc) is 0.995. The predicted octanol–water partition coefficient (Wildman–Crippen LogP) is 17.5. The van der Waals surface area contributed by atoms with Gasteiger partial charge < -0.3 is 14.4 Å². The molecule has 15 rings (SSSR count). The Balaban J connectivity index is 1.08. The third-order valence-electron chi connectivity index (χ3n) is 19.2. The van der Waals surface area contributed by atoms with Gasteiger partial charge in [0.05, 0.1) is 22.4 Å². The molecule has 0 N–H and O–H groups in total. The molecule has 3 heterocycles. The third kappa shape index (κ3) is 9.23. The van der Waals surface area contributed by atoms with E-state index in [9.17, 15) is 0 Å². The molecule has 0 amide bonds. The van der Waals surface area contributed by atoms with Gasteiger partial charge >= 0.3 is 0 Å². The topological polar surface area (TPSA) is 11.4 Å². The molecule has 0 unspecified atom stereocenters. The minimum Gasteiger partial charge on any atom is -0.311 e. The Morgan fingerprint density at radius 1 is 0.292 bits per heavy atom. The Labute approximate surface area is 527 Å². The van der Waals surface area contributed by atoms with E-state index in [1.54, 1.807) is 0 Å². The quantitative estimate of drug-likeness (QED) is 0.105. The Hall–Kier alpha value is -9.68. The van der Waals surface area contributed by atoms with Crippen LogP contribution in [0, 0.1) is 0 Å². The van der Waals surface area contributed by atoms with Crippen molar-refractivity contribution in [3.8, 4) is 27.9 Å². The molecule has 0 saturated carbocycles. The second-order valence-corrected chi connectivity index (χ2v) is 31.5. The molecule has 2 aliphatic rings. The fourth-order valence-electron chi connectivity index (χ4n) is 14.7. The van der Waals surface area contributed by atoms with E-state index in [4.69, 9.17) is 0 Å². The number of nitrogens with zero attached hydrogens (tertiary/aromatic N) is 3. The van der Waals surface area contributed by atoms with Crippen LogP contribution >= 0.6 is 0 Å². The maximum absolute atomic E-state index is 3.04. The molecule has 13 aromatic rings. The first-order valence-electron chi connectivity index (χ1n) is 31.7. The minimum absolute atomic E-state index is 0.0224. The van der Waals surface area contributed by atoms with Gasteiger partial charge in [0.2, 0.25) is 0 Å². The van der Waals surface area contributed by atoms with Crippen molar-refractivity contribution in [2.75, 3.05) is 9.80 Å². The van der Waals surface area contributed by atoms with E-state index < -0.39 is 8.07 Å². The summed E-state index contributed by atoms with van der Waals surface area (Å²) >= 11 is 0. The van der Waals surface area contributed by atoms with Crippen molar-refractivity contribution in [3.63, 3.8) is 0 Å². The first kappa shape index (κ1) is 55.9. The van der Waals surface area contributed by atoms with Crippen molar-refractivity contribution < 1.29 is 0 Å². The monoisotopic (exact) mass is 1160 g/mol. The van der Waals surface area contributed by atoms with Crippen LogP contribution in [-0.4, -0.2) is 19.4 Å². The molecule has 12 aromatic carbocycles. The Morgan fingerprint density at radius 3 is 1.10 bits per heavy atom. The lowest BCUT2D eigenvalue weighted by Gasteiger charge is -2.46. The van der Waals surface area contributed by atoms with Gasteiger partial charge in [-0.3, -0.25) is 0 Å². The zero-order valence-corrected chi connectivity index (χ0v) is 53.6. The Bertz CT molecular complexity index is 4670. The molecular weight excluding hydrogens is 1090 g/mol. The summed E-state index contributed by atoms with van der Waals surface area (Å²) in [7, 11) is -3.04. The van der Waals surface area contributed by atoms with E-state index in [0.717, 1.165) is 17.1 Å². The van der Waals surface area contributed by atoms with Crippen molar-refractivity contribution in [3.05, 3.63) is 302 Å². The smallest absolute Gasteiger partial charge is 0.252 e. The van der Waals surface area contributed by atoms with Crippen molar-refractivity contribution in [2.24, 2.45) is 0 Å². The van der Waals surface area contributed by atoms with Crippen LogP contribution in [0.2, 0.25) is 0 Å². The number of anilines is 6. The van der Waals surface area contributed by atoms with E-state index in [1.165, 1.54) is 121 Å². The number of fused-ring (bicyclic) bond motifs is 7. The second kappa shape index (κ2) is 21.3. The molecule has 0 bridgehead atoms. The first-order chi connectivity index (χ1) is 43.1. The molecular formula is C84H74BN3Si. The highest BCUT2D eigenvalue weighted by atomic mass is 28.3. The van der Waals surface area contributed by atoms with E-state index >= 15 is 0 Å². The molecule has 432 valence electrons. The van der Waals surface area contributed by atoms with Gasteiger partial charge in [-0.1, -0.05) is 281 Å². The predicted molar refractivity (Wildman–Crippen MR) is 385 cm³/mol. The fraction of sp³-hybridized carbons (Fsp3) is 0.143. The summed E-state index contributed by atoms with van der Waals surface area (Å²) in [6.45, 7) is 21.0. The van der Waals surface area contributed by atoms with Gasteiger partial charge in [-0.25, -0.2) is 0 Å². The van der Waals surface area contributed by atoms with Crippen molar-refractivity contribution >= 4 is 108 Å². The summed E-state index contributed by atoms with van der Waals surface area (Å²) in [5.74, 6) is 0. The van der Waals surface area contributed by atoms with Gasteiger partial charge in [0.15, 0.2) is 8.07 Å². The van der Waals surface area contributed by atoms with Crippen LogP contribution < -0.4 is 46.9 Å². The average molecular weight is 1160 g/mol. The number of aromatic nitrogens is 1. The number of hydrogen-bond donors (Lipinski definition) is 0. The maximum atomic E-state index is 2.67. The van der Waals surface area contributed by atoms with Gasteiger partial charge in [-0.05, 0) is 148 Å². The summed E-state index contributed by atoms with van der Waals surface area (Å²) in [6.07, 6.45) is 0. The molecule has 0 atom stereocenters. The van der Waals surface area contributed by atoms with E-state index in [1.807, 2.05) is 0 Å². The summed E-state index contributed by atoms with van der Waals surface area (Å²) in [5, 5.41) is 7.93. The van der Waals surface area contributed by atoms with Gasteiger partial charge in [-0.2, -0.15) is 0 Å². The molecule has 5 heteroatoms. The highest BCUT2D eigenvalue weighted by Crippen LogP contribution is 2.50. The fourth-order valence-corrected chi connectivity index (χ4v) is 19.4. The number of rotatable bonds is 9. The van der Waals surface area contributed by atoms with Crippen LogP contribution in [0.4, 0.5) is 34.1 Å². The van der Waals surface area contributed by atoms with Gasteiger partial charge in [0.25, 0.3) is 6.71 Å².